The molecule has 2 aromatic heterocycles. The van der Waals surface area contributed by atoms with Gasteiger partial charge in [0, 0.05) is 43.1 Å². The third-order valence-electron chi connectivity index (χ3n) is 6.33. The highest BCUT2D eigenvalue weighted by Gasteiger charge is 2.27. The topological polar surface area (TPSA) is 86.2 Å². The Morgan fingerprint density at radius 1 is 1.06 bits per heavy atom. The van der Waals surface area contributed by atoms with Gasteiger partial charge in [-0.05, 0) is 30.5 Å². The zero-order valence-corrected chi connectivity index (χ0v) is 19.9. The van der Waals surface area contributed by atoms with Crippen LogP contribution in [0.3, 0.4) is 0 Å². The van der Waals surface area contributed by atoms with E-state index in [-0.39, 0.29) is 29.5 Å². The third-order valence-corrected chi connectivity index (χ3v) is 7.42. The van der Waals surface area contributed by atoms with Crippen molar-refractivity contribution in [3.8, 4) is 11.5 Å². The molecule has 1 unspecified atom stereocenters. The largest absolute Gasteiger partial charge is 0.415 e. The van der Waals surface area contributed by atoms with Gasteiger partial charge in [0.1, 0.15) is 0 Å². The average molecular weight is 524 g/mol. The van der Waals surface area contributed by atoms with Crippen molar-refractivity contribution < 1.29 is 26.2 Å². The van der Waals surface area contributed by atoms with E-state index in [9.17, 15) is 26.6 Å². The van der Waals surface area contributed by atoms with E-state index in [4.69, 9.17) is 4.42 Å². The zero-order chi connectivity index (χ0) is 25.6. The van der Waals surface area contributed by atoms with E-state index >= 15 is 0 Å². The predicted molar refractivity (Wildman–Crippen MR) is 124 cm³/mol. The zero-order valence-electron chi connectivity index (χ0n) is 19.0. The summed E-state index contributed by atoms with van der Waals surface area (Å²) in [5, 5.41) is 6.91. The quantitative estimate of drug-likeness (QED) is 0.356. The van der Waals surface area contributed by atoms with E-state index in [0.29, 0.717) is 37.1 Å². The molecule has 0 bridgehead atoms. The second-order valence-corrected chi connectivity index (χ2v) is 9.88. The monoisotopic (exact) mass is 523 g/mol. The van der Waals surface area contributed by atoms with E-state index in [0.717, 1.165) is 12.1 Å². The van der Waals surface area contributed by atoms with Gasteiger partial charge in [0.25, 0.3) is 5.89 Å². The second-order valence-electron chi connectivity index (χ2n) is 8.52. The fourth-order valence-electron chi connectivity index (χ4n) is 4.51. The van der Waals surface area contributed by atoms with E-state index in [1.807, 2.05) is 0 Å². The summed E-state index contributed by atoms with van der Waals surface area (Å²) in [5.74, 6) is -2.96. The van der Waals surface area contributed by atoms with Gasteiger partial charge >= 0.3 is 12.1 Å². The smallest absolute Gasteiger partial charge is 0.329 e. The summed E-state index contributed by atoms with van der Waals surface area (Å²) in [5.41, 5.74) is 1.21. The van der Waals surface area contributed by atoms with E-state index in [1.54, 1.807) is 34.8 Å². The Balaban J connectivity index is 1.48. The van der Waals surface area contributed by atoms with Crippen LogP contribution >= 0.6 is 0 Å². The number of hydrogen-bond acceptors (Lipinski definition) is 5. The molecule has 0 radical (unpaired) electrons. The predicted octanol–water partition coefficient (Wildman–Crippen LogP) is 4.05. The van der Waals surface area contributed by atoms with E-state index < -0.39 is 40.6 Å². The molecule has 5 rings (SSSR count). The van der Waals surface area contributed by atoms with Crippen LogP contribution in [0.4, 0.5) is 17.6 Å². The van der Waals surface area contributed by atoms with Crippen LogP contribution in [-0.2, 0) is 17.5 Å². The molecular weight excluding hydrogens is 502 g/mol. The van der Waals surface area contributed by atoms with Crippen molar-refractivity contribution in [2.75, 3.05) is 19.3 Å². The fourth-order valence-corrected chi connectivity index (χ4v) is 5.23. The summed E-state index contributed by atoms with van der Waals surface area (Å²) in [4.78, 5) is 13.5. The first-order chi connectivity index (χ1) is 17.2. The van der Waals surface area contributed by atoms with Crippen LogP contribution in [0.2, 0.25) is 0 Å². The fraction of sp³-hybridized carbons (Fsp3) is 0.348. The van der Waals surface area contributed by atoms with Gasteiger partial charge in [-0.3, -0.25) is 9.13 Å². The molecule has 1 aliphatic heterocycles. The standard InChI is InChI=1S/C23H21F4N5O3S/c1-36(34)30-8-6-15(7-9-30)32-19-11-17(25)16(24)10-18(19)31(23(32)33)12-13-2-4-14(5-3-13)21-28-29-22(35-21)20(26)27/h2-5,10-11,15,20H,6-9,12H2,1H3. The number of aromatic nitrogens is 4. The molecule has 0 spiro atoms. The number of alkyl halides is 2. The molecule has 2 aromatic carbocycles. The highest BCUT2D eigenvalue weighted by atomic mass is 32.2. The molecule has 4 aromatic rings. The van der Waals surface area contributed by atoms with Crippen LogP contribution in [-0.4, -0.2) is 47.2 Å². The molecule has 0 saturated carbocycles. The summed E-state index contributed by atoms with van der Waals surface area (Å²) >= 11 is 0. The van der Waals surface area contributed by atoms with Crippen molar-refractivity contribution in [1.29, 1.82) is 0 Å². The van der Waals surface area contributed by atoms with E-state index in [2.05, 4.69) is 10.2 Å². The first kappa shape index (κ1) is 24.4. The molecule has 0 aliphatic carbocycles. The lowest BCUT2D eigenvalue weighted by atomic mass is 10.1. The molecule has 1 atom stereocenters. The van der Waals surface area contributed by atoms with Crippen LogP contribution in [0.15, 0.2) is 45.6 Å². The second kappa shape index (κ2) is 9.62. The maximum Gasteiger partial charge on any atom is 0.329 e. The van der Waals surface area contributed by atoms with Gasteiger partial charge < -0.3 is 4.42 Å². The molecule has 3 heterocycles. The number of fused-ring (bicyclic) bond motifs is 1. The lowest BCUT2D eigenvalue weighted by Gasteiger charge is -2.30. The van der Waals surface area contributed by atoms with Crippen LogP contribution in [0.25, 0.3) is 22.5 Å². The summed E-state index contributed by atoms with van der Waals surface area (Å²) < 4.78 is 75.2. The van der Waals surface area contributed by atoms with Gasteiger partial charge in [0.15, 0.2) is 11.6 Å². The van der Waals surface area contributed by atoms with Crippen LogP contribution < -0.4 is 5.69 Å². The van der Waals surface area contributed by atoms with Gasteiger partial charge in [-0.1, -0.05) is 12.1 Å². The molecule has 36 heavy (non-hydrogen) atoms. The highest BCUT2D eigenvalue weighted by Crippen LogP contribution is 2.28. The Labute approximate surface area is 204 Å². The first-order valence-corrected chi connectivity index (χ1v) is 12.6. The molecule has 0 N–H and O–H groups in total. The SMILES string of the molecule is CS(=O)N1CCC(n2c(=O)n(Cc3ccc(-c4nnc(C(F)F)o4)cc3)c3cc(F)c(F)cc32)CC1. The molecule has 8 nitrogen and oxygen atoms in total. The summed E-state index contributed by atoms with van der Waals surface area (Å²) in [6.07, 6.45) is -0.206. The first-order valence-electron chi connectivity index (χ1n) is 11.1. The summed E-state index contributed by atoms with van der Waals surface area (Å²) in [6, 6.07) is 8.28. The molecule has 190 valence electrons. The molecule has 1 aliphatic rings. The van der Waals surface area contributed by atoms with Crippen molar-refractivity contribution in [2.45, 2.75) is 31.9 Å². The lowest BCUT2D eigenvalue weighted by molar-refractivity contribution is 0.116. The Morgan fingerprint density at radius 2 is 1.69 bits per heavy atom. The molecule has 0 amide bonds. The van der Waals surface area contributed by atoms with E-state index in [1.165, 1.54) is 9.13 Å². The minimum atomic E-state index is -2.88. The van der Waals surface area contributed by atoms with Gasteiger partial charge in [-0.15, -0.1) is 10.2 Å². The number of piperidine rings is 1. The van der Waals surface area contributed by atoms with Crippen LogP contribution in [0.5, 0.6) is 0 Å². The maximum atomic E-state index is 14.2. The highest BCUT2D eigenvalue weighted by molar-refractivity contribution is 7.81. The molecule has 1 saturated heterocycles. The van der Waals surface area contributed by atoms with Gasteiger partial charge in [-0.2, -0.15) is 8.78 Å². The Kier molecular flexibility index (Phi) is 6.51. The number of imidazole rings is 1. The van der Waals surface area contributed by atoms with Crippen molar-refractivity contribution in [3.63, 3.8) is 0 Å². The Morgan fingerprint density at radius 3 is 2.28 bits per heavy atom. The molecular formula is C23H21F4N5O3S. The molecule has 1 fully saturated rings. The number of rotatable bonds is 6. The minimum Gasteiger partial charge on any atom is -0.415 e. The van der Waals surface area contributed by atoms with Gasteiger partial charge in [0.05, 0.1) is 28.6 Å². The Bertz CT molecular complexity index is 1490. The summed E-state index contributed by atoms with van der Waals surface area (Å²) in [7, 11) is -1.12. The minimum absolute atomic E-state index is 0.0671. The van der Waals surface area contributed by atoms with Crippen molar-refractivity contribution in [3.05, 3.63) is 70.0 Å². The number of halogens is 4. The van der Waals surface area contributed by atoms with Crippen molar-refractivity contribution in [1.82, 2.24) is 23.6 Å². The van der Waals surface area contributed by atoms with Crippen molar-refractivity contribution in [2.24, 2.45) is 0 Å². The van der Waals surface area contributed by atoms with Gasteiger partial charge in [0.2, 0.25) is 5.89 Å². The number of hydrogen-bond donors (Lipinski definition) is 0. The number of nitrogens with zero attached hydrogens (tertiary/aromatic N) is 5. The lowest BCUT2D eigenvalue weighted by Crippen LogP contribution is -2.38. The van der Waals surface area contributed by atoms with Crippen LogP contribution in [0, 0.1) is 11.6 Å². The number of benzene rings is 2. The average Bonchev–Trinajstić information content (AvgIpc) is 3.45. The maximum absolute atomic E-state index is 14.2. The third kappa shape index (κ3) is 4.48. The normalized spacial score (nSPS) is 16.3. The van der Waals surface area contributed by atoms with Crippen molar-refractivity contribution >= 4 is 22.0 Å². The summed E-state index contributed by atoms with van der Waals surface area (Å²) in [6.45, 7) is 1.10. The van der Waals surface area contributed by atoms with Crippen LogP contribution in [0.1, 0.15) is 36.8 Å². The Hall–Kier alpha value is -3.32. The van der Waals surface area contributed by atoms with Gasteiger partial charge in [-0.25, -0.2) is 22.1 Å². The molecule has 13 heteroatoms.